The molecule has 0 radical (unpaired) electrons. The molecule has 5 N–H and O–H groups in total. The number of carbonyl (C=O) groups is 2. The number of halogens is 4. The van der Waals surface area contributed by atoms with Crippen LogP contribution in [0, 0.1) is 5.92 Å². The predicted molar refractivity (Wildman–Crippen MR) is 287 cm³/mol. The van der Waals surface area contributed by atoms with Crippen LogP contribution in [0.4, 0.5) is 24.5 Å². The summed E-state index contributed by atoms with van der Waals surface area (Å²) < 4.78 is 105. The molecule has 2 fully saturated rings. The Morgan fingerprint density at radius 1 is 0.842 bits per heavy atom. The fraction of sp³-hybridized carbons (Fsp3) is 0.407. The third-order valence-electron chi connectivity index (χ3n) is 13.8. The van der Waals surface area contributed by atoms with Crippen molar-refractivity contribution in [1.29, 1.82) is 0 Å². The maximum Gasteiger partial charge on any atom is 0.501 e. The van der Waals surface area contributed by atoms with Crippen molar-refractivity contribution in [2.45, 2.75) is 95.7 Å². The largest absolute Gasteiger partial charge is 0.501 e. The molecule has 0 aliphatic carbocycles. The number of thioether (sulfide) groups is 1. The molecule has 0 unspecified atom stereocenters. The van der Waals surface area contributed by atoms with Crippen LogP contribution in [-0.4, -0.2) is 136 Å². The normalized spacial score (nSPS) is 17.1. The second-order valence-electron chi connectivity index (χ2n) is 19.2. The number of nitrogens with one attached hydrogen (secondary N) is 2. The molecule has 5 aromatic carbocycles. The van der Waals surface area contributed by atoms with Crippen molar-refractivity contribution in [2.24, 2.45) is 5.92 Å². The van der Waals surface area contributed by atoms with E-state index in [1.165, 1.54) is 23.9 Å². The lowest BCUT2D eigenvalue weighted by atomic mass is 9.84. The van der Waals surface area contributed by atoms with Crippen molar-refractivity contribution in [3.8, 4) is 11.1 Å². The average molecular weight is 1130 g/mol. The van der Waals surface area contributed by atoms with E-state index in [1.54, 1.807) is 43.3 Å². The van der Waals surface area contributed by atoms with Crippen molar-refractivity contribution < 1.29 is 59.7 Å². The Kier molecular flexibility index (Phi) is 20.0. The second kappa shape index (κ2) is 25.9. The van der Waals surface area contributed by atoms with E-state index in [1.807, 2.05) is 71.5 Å². The number of carbonyl (C=O) groups excluding carboxylic acids is 2. The van der Waals surface area contributed by atoms with Gasteiger partial charge in [0, 0.05) is 58.6 Å². The number of aliphatic hydroxyl groups excluding tert-OH is 2. The van der Waals surface area contributed by atoms with Gasteiger partial charge in [0.15, 0.2) is 6.29 Å². The summed E-state index contributed by atoms with van der Waals surface area (Å²) in [5.74, 6) is -1.41. The number of hydrogen-bond donors (Lipinski definition) is 5. The van der Waals surface area contributed by atoms with E-state index in [9.17, 15) is 54.9 Å². The predicted octanol–water partition coefficient (Wildman–Crippen LogP) is 8.36. The van der Waals surface area contributed by atoms with Gasteiger partial charge in [0.25, 0.3) is 25.8 Å². The zero-order valence-electron chi connectivity index (χ0n) is 42.0. The zero-order chi connectivity index (χ0) is 54.8. The molecule has 0 spiro atoms. The second-order valence-corrected chi connectivity index (χ2v) is 24.3. The van der Waals surface area contributed by atoms with Crippen molar-refractivity contribution in [3.63, 3.8) is 0 Å². The summed E-state index contributed by atoms with van der Waals surface area (Å²) in [7, 11) is -7.77. The summed E-state index contributed by atoms with van der Waals surface area (Å²) in [4.78, 5) is 30.8. The standard InChI is InChI=1S/C54H63ClF3N5O10S3/c1-61(2)48(24-25-50(64)65)53(68)73-32-31-62-28-8-9-42(62)33-40(35-74-43-10-4-3-5-11-43)59-47-23-22-44(34-49(47)75(69,70)54(56,57)58)76(71,72)60-52(67)38-16-20-41(21-17-38)63-29-26-37(27-30-63)51(66)46-13-7-6-12-45(46)36-14-18-39(55)19-15-36/h3-7,10-23,34,37,40,42,48,50-51,59,64-66H,8-9,24-33,35H2,1-2H3,(H,60,67)/t40-,42+,48+,51-/m1/s1. The topological polar surface area (TPSA) is 206 Å². The Bertz CT molecular complexity index is 2970. The molecule has 7 rings (SSSR count). The Labute approximate surface area is 451 Å². The minimum atomic E-state index is -6.18. The lowest BCUT2D eigenvalue weighted by Crippen LogP contribution is -2.41. The Morgan fingerprint density at radius 2 is 1.51 bits per heavy atom. The van der Waals surface area contributed by atoms with Crippen LogP contribution in [0.2, 0.25) is 5.02 Å². The quantitative estimate of drug-likeness (QED) is 0.0237. The first-order chi connectivity index (χ1) is 36.1. The van der Waals surface area contributed by atoms with Gasteiger partial charge in [-0.25, -0.2) is 21.6 Å². The Balaban J connectivity index is 1.03. The maximum atomic E-state index is 14.4. The number of aliphatic hydroxyl groups is 3. The number of amides is 1. The molecule has 0 aromatic heterocycles. The van der Waals surface area contributed by atoms with Crippen LogP contribution in [0.3, 0.4) is 0 Å². The monoisotopic (exact) mass is 1130 g/mol. The molecule has 76 heavy (non-hydrogen) atoms. The van der Waals surface area contributed by atoms with Gasteiger partial charge in [-0.3, -0.25) is 19.4 Å². The molecule has 0 bridgehead atoms. The number of hydrogen-bond acceptors (Lipinski definition) is 15. The minimum Gasteiger partial charge on any atom is -0.463 e. The SMILES string of the molecule is CN(C)[C@@H](CCC(O)O)C(=O)OCCN1CCC[C@H]1C[C@H](CSc1ccccc1)Nc1ccc(S(=O)(=O)NC(=O)c2ccc(N3CCC([C@@H](O)c4ccccc4-c4ccc(Cl)cc4)CC3)cc2)cc1S(=O)(=O)C(F)(F)F. The fourth-order valence-corrected chi connectivity index (χ4v) is 12.8. The van der Waals surface area contributed by atoms with Gasteiger partial charge in [-0.2, -0.15) is 13.2 Å². The van der Waals surface area contributed by atoms with Crippen LogP contribution in [0.5, 0.6) is 0 Å². The van der Waals surface area contributed by atoms with Crippen LogP contribution in [0.15, 0.2) is 136 Å². The number of likely N-dealkylation sites (tertiary alicyclic amines) is 1. The highest BCUT2D eigenvalue weighted by atomic mass is 35.5. The maximum absolute atomic E-state index is 14.4. The number of sulfone groups is 1. The zero-order valence-corrected chi connectivity index (χ0v) is 45.2. The molecule has 0 saturated carbocycles. The molecule has 15 nitrogen and oxygen atoms in total. The fourth-order valence-electron chi connectivity index (χ4n) is 9.71. The summed E-state index contributed by atoms with van der Waals surface area (Å²) in [5, 5.41) is 33.8. The third kappa shape index (κ3) is 15.1. The molecule has 4 atom stereocenters. The molecule has 5 aromatic rings. The molecular formula is C54H63ClF3N5O10S3. The number of esters is 1. The number of ether oxygens (including phenoxy) is 1. The van der Waals surface area contributed by atoms with E-state index in [4.69, 9.17) is 16.3 Å². The van der Waals surface area contributed by atoms with Gasteiger partial charge < -0.3 is 30.3 Å². The van der Waals surface area contributed by atoms with Crippen LogP contribution in [0.1, 0.15) is 67.0 Å². The molecule has 1 amide bonds. The number of piperidine rings is 1. The van der Waals surface area contributed by atoms with Crippen molar-refractivity contribution >= 4 is 66.5 Å². The molecule has 2 saturated heterocycles. The van der Waals surface area contributed by atoms with E-state index < -0.39 is 77.2 Å². The van der Waals surface area contributed by atoms with Crippen LogP contribution < -0.4 is 14.9 Å². The Hall–Kier alpha value is -5.23. The molecular weight excluding hydrogens is 1070 g/mol. The van der Waals surface area contributed by atoms with Gasteiger partial charge >= 0.3 is 11.5 Å². The van der Waals surface area contributed by atoms with E-state index >= 15 is 0 Å². The lowest BCUT2D eigenvalue weighted by molar-refractivity contribution is -0.150. The summed E-state index contributed by atoms with van der Waals surface area (Å²) in [5.41, 5.74) is -2.98. The number of likely N-dealkylation sites (N-methyl/N-ethyl adjacent to an activating group) is 1. The van der Waals surface area contributed by atoms with Crippen molar-refractivity contribution in [3.05, 3.63) is 137 Å². The third-order valence-corrected chi connectivity index (χ3v) is 18.1. The summed E-state index contributed by atoms with van der Waals surface area (Å²) in [6.07, 6.45) is 0.885. The number of sulfonamides is 1. The molecule has 2 heterocycles. The van der Waals surface area contributed by atoms with Gasteiger partial charge in [-0.15, -0.1) is 11.8 Å². The summed E-state index contributed by atoms with van der Waals surface area (Å²) in [6.45, 7) is 2.13. The number of alkyl halides is 3. The van der Waals surface area contributed by atoms with Crippen LogP contribution >= 0.6 is 23.4 Å². The van der Waals surface area contributed by atoms with Gasteiger partial charge in [0.05, 0.1) is 16.7 Å². The van der Waals surface area contributed by atoms with E-state index in [0.717, 1.165) is 45.8 Å². The summed E-state index contributed by atoms with van der Waals surface area (Å²) in [6, 6.07) is 31.2. The van der Waals surface area contributed by atoms with Gasteiger partial charge in [0.1, 0.15) is 17.5 Å². The summed E-state index contributed by atoms with van der Waals surface area (Å²) >= 11 is 7.50. The van der Waals surface area contributed by atoms with Crippen LogP contribution in [0.25, 0.3) is 11.1 Å². The lowest BCUT2D eigenvalue weighted by Gasteiger charge is -2.36. The van der Waals surface area contributed by atoms with Gasteiger partial charge in [0.2, 0.25) is 0 Å². The number of rotatable bonds is 23. The highest BCUT2D eigenvalue weighted by Gasteiger charge is 2.49. The van der Waals surface area contributed by atoms with Gasteiger partial charge in [-0.1, -0.05) is 66.2 Å². The van der Waals surface area contributed by atoms with Gasteiger partial charge in [-0.05, 0) is 155 Å². The van der Waals surface area contributed by atoms with E-state index in [0.29, 0.717) is 63.0 Å². The number of anilines is 2. The van der Waals surface area contributed by atoms with E-state index in [2.05, 4.69) is 15.1 Å². The smallest absolute Gasteiger partial charge is 0.463 e. The molecule has 410 valence electrons. The first kappa shape index (κ1) is 58.5. The van der Waals surface area contributed by atoms with Crippen molar-refractivity contribution in [2.75, 3.05) is 62.9 Å². The first-order valence-corrected chi connectivity index (χ1v) is 29.2. The number of benzene rings is 5. The highest BCUT2D eigenvalue weighted by molar-refractivity contribution is 7.99. The molecule has 22 heteroatoms. The van der Waals surface area contributed by atoms with Crippen molar-refractivity contribution in [1.82, 2.24) is 14.5 Å². The molecule has 2 aliphatic rings. The first-order valence-electron chi connectivity index (χ1n) is 24.9. The Morgan fingerprint density at radius 3 is 2.17 bits per heavy atom. The average Bonchev–Trinajstić information content (AvgIpc) is 3.84. The minimum absolute atomic E-state index is 0.0137. The highest BCUT2D eigenvalue weighted by Crippen LogP contribution is 2.39. The van der Waals surface area contributed by atoms with Crippen LogP contribution in [-0.2, 0) is 29.4 Å². The number of nitrogens with zero attached hydrogens (tertiary/aromatic N) is 3. The van der Waals surface area contributed by atoms with E-state index in [-0.39, 0.29) is 42.7 Å². The molecule has 2 aliphatic heterocycles.